The number of ether oxygens (including phenoxy) is 1. The van der Waals surface area contributed by atoms with Crippen LogP contribution in [0.15, 0.2) is 54.6 Å². The number of carbonyl (C=O) groups excluding carboxylic acids is 1. The third-order valence-electron chi connectivity index (χ3n) is 2.94. The summed E-state index contributed by atoms with van der Waals surface area (Å²) in [6.45, 7) is 0.547. The smallest absolute Gasteiger partial charge is 0.269 e. The van der Waals surface area contributed by atoms with Crippen molar-refractivity contribution in [1.82, 2.24) is 5.43 Å². The summed E-state index contributed by atoms with van der Waals surface area (Å²) in [6, 6.07) is 17.0. The van der Waals surface area contributed by atoms with Gasteiger partial charge >= 0.3 is 0 Å². The first kappa shape index (κ1) is 14.1. The Morgan fingerprint density at radius 3 is 2.35 bits per heavy atom. The highest BCUT2D eigenvalue weighted by Gasteiger charge is 2.08. The van der Waals surface area contributed by atoms with E-state index in [0.717, 1.165) is 11.3 Å². The molecule has 20 heavy (non-hydrogen) atoms. The number of amides is 1. The predicted molar refractivity (Wildman–Crippen MR) is 79.5 cm³/mol. The molecule has 0 spiro atoms. The van der Waals surface area contributed by atoms with Gasteiger partial charge < -0.3 is 4.74 Å². The van der Waals surface area contributed by atoms with Crippen LogP contribution in [0.4, 0.5) is 5.69 Å². The topological polar surface area (TPSA) is 41.6 Å². The van der Waals surface area contributed by atoms with E-state index in [1.807, 2.05) is 49.5 Å². The van der Waals surface area contributed by atoms with Crippen molar-refractivity contribution in [2.75, 3.05) is 19.2 Å². The molecule has 1 N–H and O–H groups in total. The Hall–Kier alpha value is -2.33. The van der Waals surface area contributed by atoms with E-state index in [9.17, 15) is 4.79 Å². The van der Waals surface area contributed by atoms with Gasteiger partial charge in [-0.1, -0.05) is 30.3 Å². The van der Waals surface area contributed by atoms with Gasteiger partial charge in [0.15, 0.2) is 0 Å². The number of benzene rings is 2. The number of rotatable bonds is 5. The highest BCUT2D eigenvalue weighted by Crippen LogP contribution is 2.10. The number of carbonyl (C=O) groups is 1. The van der Waals surface area contributed by atoms with Gasteiger partial charge in [-0.15, -0.1) is 0 Å². The summed E-state index contributed by atoms with van der Waals surface area (Å²) in [6.07, 6.45) is 0. The van der Waals surface area contributed by atoms with Crippen LogP contribution in [0.1, 0.15) is 15.9 Å². The molecule has 0 fully saturated rings. The fraction of sp³-hybridized carbons (Fsp3) is 0.188. The van der Waals surface area contributed by atoms with Crippen LogP contribution in [0.25, 0.3) is 0 Å². The second kappa shape index (κ2) is 6.73. The summed E-state index contributed by atoms with van der Waals surface area (Å²) in [5.41, 5.74) is 5.41. The first-order valence-corrected chi connectivity index (χ1v) is 6.38. The van der Waals surface area contributed by atoms with Crippen LogP contribution < -0.4 is 10.4 Å². The molecule has 2 rings (SSSR count). The van der Waals surface area contributed by atoms with Crippen LogP contribution in [0.5, 0.6) is 0 Å². The number of methoxy groups -OCH3 is 1. The Bertz CT molecular complexity index is 552. The maximum atomic E-state index is 12.1. The summed E-state index contributed by atoms with van der Waals surface area (Å²) in [4.78, 5) is 12.1. The molecular formula is C16H18N2O2. The number of nitrogens with one attached hydrogen (secondary N) is 1. The normalized spacial score (nSPS) is 10.1. The van der Waals surface area contributed by atoms with Crippen LogP contribution in [-0.2, 0) is 11.3 Å². The summed E-state index contributed by atoms with van der Waals surface area (Å²) in [7, 11) is 3.46. The maximum absolute atomic E-state index is 12.1. The van der Waals surface area contributed by atoms with Crippen LogP contribution in [-0.4, -0.2) is 20.1 Å². The van der Waals surface area contributed by atoms with Crippen molar-refractivity contribution in [3.63, 3.8) is 0 Å². The largest absolute Gasteiger partial charge is 0.380 e. The van der Waals surface area contributed by atoms with E-state index < -0.39 is 0 Å². The average molecular weight is 270 g/mol. The van der Waals surface area contributed by atoms with Crippen molar-refractivity contribution in [3.05, 3.63) is 65.7 Å². The van der Waals surface area contributed by atoms with Gasteiger partial charge in [-0.2, -0.15) is 0 Å². The molecule has 2 aromatic carbocycles. The van der Waals surface area contributed by atoms with Crippen molar-refractivity contribution in [2.24, 2.45) is 0 Å². The van der Waals surface area contributed by atoms with Crippen molar-refractivity contribution >= 4 is 11.6 Å². The first-order valence-electron chi connectivity index (χ1n) is 6.38. The molecule has 0 saturated carbocycles. The Morgan fingerprint density at radius 2 is 1.75 bits per heavy atom. The quantitative estimate of drug-likeness (QED) is 0.849. The second-order valence-corrected chi connectivity index (χ2v) is 4.47. The number of hydrazine groups is 1. The lowest BCUT2D eigenvalue weighted by Crippen LogP contribution is -2.39. The second-order valence-electron chi connectivity index (χ2n) is 4.47. The zero-order valence-electron chi connectivity index (χ0n) is 11.7. The number of hydrogen-bond acceptors (Lipinski definition) is 3. The average Bonchev–Trinajstić information content (AvgIpc) is 2.49. The predicted octanol–water partition coefficient (Wildman–Crippen LogP) is 2.61. The van der Waals surface area contributed by atoms with E-state index in [1.54, 1.807) is 24.3 Å². The van der Waals surface area contributed by atoms with E-state index in [0.29, 0.717) is 12.2 Å². The van der Waals surface area contributed by atoms with Gasteiger partial charge in [0.2, 0.25) is 0 Å². The molecule has 104 valence electrons. The fourth-order valence-corrected chi connectivity index (χ4v) is 1.85. The third-order valence-corrected chi connectivity index (χ3v) is 2.94. The molecule has 0 atom stereocenters. The molecule has 0 unspecified atom stereocenters. The number of nitrogens with zero attached hydrogens (tertiary/aromatic N) is 1. The van der Waals surface area contributed by atoms with E-state index in [4.69, 9.17) is 4.74 Å². The Kier molecular flexibility index (Phi) is 4.74. The molecule has 1 amide bonds. The summed E-state index contributed by atoms with van der Waals surface area (Å²) >= 11 is 0. The fourth-order valence-electron chi connectivity index (χ4n) is 1.85. The van der Waals surface area contributed by atoms with E-state index >= 15 is 0 Å². The Balaban J connectivity index is 2.01. The van der Waals surface area contributed by atoms with Crippen LogP contribution >= 0.6 is 0 Å². The Morgan fingerprint density at radius 1 is 1.10 bits per heavy atom. The van der Waals surface area contributed by atoms with Crippen LogP contribution in [0, 0.1) is 0 Å². The van der Waals surface area contributed by atoms with Crippen molar-refractivity contribution in [3.8, 4) is 0 Å². The van der Waals surface area contributed by atoms with E-state index in [2.05, 4.69) is 5.43 Å². The molecule has 2 aromatic rings. The van der Waals surface area contributed by atoms with Gasteiger partial charge in [-0.3, -0.25) is 15.2 Å². The minimum absolute atomic E-state index is 0.139. The zero-order chi connectivity index (χ0) is 14.4. The van der Waals surface area contributed by atoms with Crippen molar-refractivity contribution in [2.45, 2.75) is 6.61 Å². The minimum Gasteiger partial charge on any atom is -0.380 e. The highest BCUT2D eigenvalue weighted by molar-refractivity contribution is 5.95. The van der Waals surface area contributed by atoms with E-state index in [1.165, 1.54) is 0 Å². The molecule has 0 bridgehead atoms. The molecule has 4 heteroatoms. The monoisotopic (exact) mass is 270 g/mol. The molecule has 0 aliphatic rings. The van der Waals surface area contributed by atoms with Gasteiger partial charge in [0.1, 0.15) is 0 Å². The molecule has 0 saturated heterocycles. The highest BCUT2D eigenvalue weighted by atomic mass is 16.5. The molecule has 0 heterocycles. The summed E-state index contributed by atoms with van der Waals surface area (Å²) < 4.78 is 5.04. The van der Waals surface area contributed by atoms with Gasteiger partial charge in [0.25, 0.3) is 5.91 Å². The van der Waals surface area contributed by atoms with Gasteiger partial charge in [0.05, 0.1) is 12.3 Å². The minimum atomic E-state index is -0.139. The van der Waals surface area contributed by atoms with Gasteiger partial charge in [-0.05, 0) is 29.8 Å². The van der Waals surface area contributed by atoms with Crippen LogP contribution in [0.2, 0.25) is 0 Å². The summed E-state index contributed by atoms with van der Waals surface area (Å²) in [5.74, 6) is -0.139. The number of anilines is 1. The molecule has 0 radical (unpaired) electrons. The lowest BCUT2D eigenvalue weighted by Gasteiger charge is -2.20. The molecule has 0 aromatic heterocycles. The van der Waals surface area contributed by atoms with Gasteiger partial charge in [0, 0.05) is 19.7 Å². The molecular weight excluding hydrogens is 252 g/mol. The molecule has 0 aliphatic heterocycles. The standard InChI is InChI=1S/C16H18N2O2/c1-18(15-6-4-3-5-7-15)17-16(19)14-10-8-13(9-11-14)12-20-2/h3-11H,12H2,1-2H3,(H,17,19). The molecule has 4 nitrogen and oxygen atoms in total. The zero-order valence-corrected chi connectivity index (χ0v) is 11.7. The SMILES string of the molecule is COCc1ccc(C(=O)NN(C)c2ccccc2)cc1. The van der Waals surface area contributed by atoms with Gasteiger partial charge in [-0.25, -0.2) is 0 Å². The Labute approximate surface area is 119 Å². The van der Waals surface area contributed by atoms with E-state index in [-0.39, 0.29) is 5.91 Å². The number of para-hydroxylation sites is 1. The van der Waals surface area contributed by atoms with Crippen LogP contribution in [0.3, 0.4) is 0 Å². The maximum Gasteiger partial charge on any atom is 0.269 e. The van der Waals surface area contributed by atoms with Crippen molar-refractivity contribution < 1.29 is 9.53 Å². The summed E-state index contributed by atoms with van der Waals surface area (Å²) in [5, 5.41) is 1.70. The number of hydrogen-bond donors (Lipinski definition) is 1. The first-order chi connectivity index (χ1) is 9.70. The third kappa shape index (κ3) is 3.59. The lowest BCUT2D eigenvalue weighted by atomic mass is 10.1. The van der Waals surface area contributed by atoms with Crippen molar-refractivity contribution in [1.29, 1.82) is 0 Å². The molecule has 0 aliphatic carbocycles. The lowest BCUT2D eigenvalue weighted by molar-refractivity contribution is 0.0951.